The molecule has 3 heteroatoms. The maximum atomic E-state index is 12.8. The van der Waals surface area contributed by atoms with Gasteiger partial charge < -0.3 is 10.2 Å². The second-order valence-electron chi connectivity index (χ2n) is 8.47. The van der Waals surface area contributed by atoms with Crippen molar-refractivity contribution in [1.82, 2.24) is 10.2 Å². The number of rotatable bonds is 3. The lowest BCUT2D eigenvalue weighted by Gasteiger charge is -2.30. The van der Waals surface area contributed by atoms with Gasteiger partial charge in [0.15, 0.2) is 0 Å². The van der Waals surface area contributed by atoms with Crippen molar-refractivity contribution < 1.29 is 4.79 Å². The Morgan fingerprint density at radius 1 is 0.920 bits per heavy atom. The fourth-order valence-corrected chi connectivity index (χ4v) is 5.27. The van der Waals surface area contributed by atoms with Crippen molar-refractivity contribution in [3.8, 4) is 0 Å². The largest absolute Gasteiger partial charge is 0.343 e. The van der Waals surface area contributed by atoms with Crippen LogP contribution >= 0.6 is 0 Å². The van der Waals surface area contributed by atoms with Crippen molar-refractivity contribution >= 4 is 5.91 Å². The van der Waals surface area contributed by atoms with Crippen molar-refractivity contribution in [3.05, 3.63) is 35.9 Å². The first-order valence-corrected chi connectivity index (χ1v) is 10.3. The first kappa shape index (κ1) is 17.1. The molecule has 0 radical (unpaired) electrons. The number of carbonyl (C=O) groups is 1. The highest BCUT2D eigenvalue weighted by Gasteiger charge is 2.32. The van der Waals surface area contributed by atoms with E-state index in [1.54, 1.807) is 0 Å². The average molecular weight is 341 g/mol. The fourth-order valence-electron chi connectivity index (χ4n) is 5.27. The summed E-state index contributed by atoms with van der Waals surface area (Å²) in [6.07, 6.45) is 8.11. The summed E-state index contributed by atoms with van der Waals surface area (Å²) in [6.45, 7) is 4.30. The van der Waals surface area contributed by atoms with Gasteiger partial charge in [-0.15, -0.1) is 0 Å². The third-order valence-electron chi connectivity index (χ3n) is 6.95. The molecule has 2 heterocycles. The summed E-state index contributed by atoms with van der Waals surface area (Å²) < 4.78 is 0. The Balaban J connectivity index is 1.25. The van der Waals surface area contributed by atoms with Crippen molar-refractivity contribution in [2.24, 2.45) is 17.8 Å². The highest BCUT2D eigenvalue weighted by molar-refractivity contribution is 5.76. The first-order valence-electron chi connectivity index (χ1n) is 10.3. The Labute approximate surface area is 152 Å². The number of hydrogen-bond donors (Lipinski definition) is 1. The molecule has 1 amide bonds. The van der Waals surface area contributed by atoms with Crippen molar-refractivity contribution in [1.29, 1.82) is 0 Å². The van der Waals surface area contributed by atoms with Gasteiger partial charge in [-0.05, 0) is 80.8 Å². The molecule has 0 bridgehead atoms. The van der Waals surface area contributed by atoms with Gasteiger partial charge >= 0.3 is 0 Å². The Morgan fingerprint density at radius 2 is 1.56 bits per heavy atom. The van der Waals surface area contributed by atoms with Crippen molar-refractivity contribution in [3.63, 3.8) is 0 Å². The second-order valence-corrected chi connectivity index (χ2v) is 8.47. The molecule has 2 aliphatic heterocycles. The summed E-state index contributed by atoms with van der Waals surface area (Å²) in [5.74, 6) is 3.35. The summed E-state index contributed by atoms with van der Waals surface area (Å²) >= 11 is 0. The number of carbonyl (C=O) groups excluding carboxylic acids is 1. The standard InChI is InChI=1S/C22H32N2O/c25-22(24-12-10-20-15-23-16-21(20)11-13-24)14-17-6-8-19(9-7-17)18-4-2-1-3-5-18/h1-5,17,19-21,23H,6-16H2/t17?,19?,20-,21+. The highest BCUT2D eigenvalue weighted by atomic mass is 16.2. The Kier molecular flexibility index (Phi) is 5.40. The van der Waals surface area contributed by atoms with Crippen LogP contribution in [0.25, 0.3) is 0 Å². The Hall–Kier alpha value is -1.35. The lowest BCUT2D eigenvalue weighted by atomic mass is 9.77. The van der Waals surface area contributed by atoms with Crippen LogP contribution in [0.3, 0.4) is 0 Å². The van der Waals surface area contributed by atoms with Gasteiger partial charge in [0.1, 0.15) is 0 Å². The highest BCUT2D eigenvalue weighted by Crippen LogP contribution is 2.37. The fraction of sp³-hybridized carbons (Fsp3) is 0.682. The van der Waals surface area contributed by atoms with Gasteiger partial charge in [-0.3, -0.25) is 4.79 Å². The lowest BCUT2D eigenvalue weighted by Crippen LogP contribution is -2.34. The smallest absolute Gasteiger partial charge is 0.222 e. The molecule has 3 nitrogen and oxygen atoms in total. The monoisotopic (exact) mass is 340 g/mol. The molecule has 2 saturated heterocycles. The minimum atomic E-state index is 0.427. The zero-order chi connectivity index (χ0) is 17.1. The van der Waals surface area contributed by atoms with E-state index in [2.05, 4.69) is 40.5 Å². The molecule has 0 unspecified atom stereocenters. The molecular formula is C22H32N2O. The van der Waals surface area contributed by atoms with Crippen LogP contribution in [0, 0.1) is 17.8 Å². The molecule has 0 spiro atoms. The summed E-state index contributed by atoms with van der Waals surface area (Å²) in [5.41, 5.74) is 1.49. The quantitative estimate of drug-likeness (QED) is 0.907. The summed E-state index contributed by atoms with van der Waals surface area (Å²) in [4.78, 5) is 15.0. The number of fused-ring (bicyclic) bond motifs is 1. The lowest BCUT2D eigenvalue weighted by molar-refractivity contribution is -0.132. The van der Waals surface area contributed by atoms with E-state index in [1.807, 2.05) is 0 Å². The van der Waals surface area contributed by atoms with Gasteiger partial charge in [0.25, 0.3) is 0 Å². The molecule has 2 atom stereocenters. The summed E-state index contributed by atoms with van der Waals surface area (Å²) in [7, 11) is 0. The molecule has 1 N–H and O–H groups in total. The molecule has 136 valence electrons. The first-order chi connectivity index (χ1) is 12.3. The van der Waals surface area contributed by atoms with Crippen LogP contribution in [-0.4, -0.2) is 37.0 Å². The number of amides is 1. The minimum absolute atomic E-state index is 0.427. The second kappa shape index (κ2) is 7.90. The zero-order valence-corrected chi connectivity index (χ0v) is 15.3. The van der Waals surface area contributed by atoms with Gasteiger partial charge in [-0.25, -0.2) is 0 Å². The zero-order valence-electron chi connectivity index (χ0n) is 15.3. The number of nitrogens with zero attached hydrogens (tertiary/aromatic N) is 1. The predicted molar refractivity (Wildman–Crippen MR) is 101 cm³/mol. The van der Waals surface area contributed by atoms with E-state index in [4.69, 9.17) is 0 Å². The van der Waals surface area contributed by atoms with E-state index in [1.165, 1.54) is 44.1 Å². The Morgan fingerprint density at radius 3 is 2.20 bits per heavy atom. The molecular weight excluding hydrogens is 308 g/mol. The molecule has 1 aliphatic carbocycles. The maximum Gasteiger partial charge on any atom is 0.222 e. The number of benzene rings is 1. The van der Waals surface area contributed by atoms with Crippen LogP contribution < -0.4 is 5.32 Å². The number of nitrogens with one attached hydrogen (secondary N) is 1. The van der Waals surface area contributed by atoms with E-state index in [-0.39, 0.29) is 0 Å². The van der Waals surface area contributed by atoms with Gasteiger partial charge in [-0.2, -0.15) is 0 Å². The van der Waals surface area contributed by atoms with E-state index in [9.17, 15) is 4.79 Å². The molecule has 0 aromatic heterocycles. The normalized spacial score (nSPS) is 32.9. The molecule has 3 aliphatic rings. The Bertz CT molecular complexity index is 551. The van der Waals surface area contributed by atoms with Crippen molar-refractivity contribution in [2.45, 2.75) is 50.9 Å². The maximum absolute atomic E-state index is 12.8. The number of hydrogen-bond acceptors (Lipinski definition) is 2. The van der Waals surface area contributed by atoms with Crippen LogP contribution in [0.1, 0.15) is 56.4 Å². The van der Waals surface area contributed by atoms with Gasteiger partial charge in [0, 0.05) is 19.5 Å². The number of likely N-dealkylation sites (tertiary alicyclic amines) is 1. The molecule has 1 aromatic rings. The van der Waals surface area contributed by atoms with Crippen LogP contribution in [0.5, 0.6) is 0 Å². The van der Waals surface area contributed by atoms with Crippen LogP contribution in [0.15, 0.2) is 30.3 Å². The molecule has 3 fully saturated rings. The van der Waals surface area contributed by atoms with Gasteiger partial charge in [-0.1, -0.05) is 30.3 Å². The van der Waals surface area contributed by atoms with Crippen molar-refractivity contribution in [2.75, 3.05) is 26.2 Å². The van der Waals surface area contributed by atoms with E-state index in [0.717, 1.165) is 44.4 Å². The van der Waals surface area contributed by atoms with E-state index in [0.29, 0.717) is 17.7 Å². The predicted octanol–water partition coefficient (Wildman–Crippen LogP) is 3.81. The topological polar surface area (TPSA) is 32.3 Å². The molecule has 1 aromatic carbocycles. The molecule has 25 heavy (non-hydrogen) atoms. The minimum Gasteiger partial charge on any atom is -0.343 e. The summed E-state index contributed by atoms with van der Waals surface area (Å²) in [6, 6.07) is 10.9. The van der Waals surface area contributed by atoms with Crippen LogP contribution in [0.4, 0.5) is 0 Å². The van der Waals surface area contributed by atoms with Crippen LogP contribution in [0.2, 0.25) is 0 Å². The SMILES string of the molecule is O=C(CC1CCC(c2ccccc2)CC1)N1CC[C@@H]2CNC[C@@H]2CC1. The van der Waals surface area contributed by atoms with E-state index < -0.39 is 0 Å². The molecule has 4 rings (SSSR count). The van der Waals surface area contributed by atoms with E-state index >= 15 is 0 Å². The van der Waals surface area contributed by atoms with Crippen LogP contribution in [-0.2, 0) is 4.79 Å². The average Bonchev–Trinajstić information content (AvgIpc) is 3.01. The summed E-state index contributed by atoms with van der Waals surface area (Å²) in [5, 5.41) is 3.52. The van der Waals surface area contributed by atoms with Gasteiger partial charge in [0.05, 0.1) is 0 Å². The van der Waals surface area contributed by atoms with Gasteiger partial charge in [0.2, 0.25) is 5.91 Å². The third kappa shape index (κ3) is 4.08. The third-order valence-corrected chi connectivity index (χ3v) is 6.95. The molecule has 1 saturated carbocycles.